The summed E-state index contributed by atoms with van der Waals surface area (Å²) < 4.78 is 37.4. The number of rotatable bonds is 8. The number of methoxy groups -OCH3 is 1. The molecule has 8 heteroatoms. The highest BCUT2D eigenvalue weighted by atomic mass is 32.1. The predicted octanol–water partition coefficient (Wildman–Crippen LogP) is 3.54. The van der Waals surface area contributed by atoms with E-state index in [0.717, 1.165) is 17.7 Å². The number of hydrogen-bond acceptors (Lipinski definition) is 4. The maximum Gasteiger partial charge on any atom is 0.187 e. The lowest BCUT2D eigenvalue weighted by molar-refractivity contribution is 0.282. The van der Waals surface area contributed by atoms with Gasteiger partial charge in [0.2, 0.25) is 0 Å². The van der Waals surface area contributed by atoms with Crippen molar-refractivity contribution < 1.29 is 18.3 Å². The predicted molar refractivity (Wildman–Crippen MR) is 105 cm³/mol. The second-order valence-electron chi connectivity index (χ2n) is 5.30. The molecule has 5 nitrogen and oxygen atoms in total. The van der Waals surface area contributed by atoms with E-state index in [1.54, 1.807) is 30.5 Å². The van der Waals surface area contributed by atoms with Crippen LogP contribution in [0, 0.1) is 11.6 Å². The van der Waals surface area contributed by atoms with E-state index in [1.807, 2.05) is 0 Å². The summed E-state index contributed by atoms with van der Waals surface area (Å²) in [6, 6.07) is 8.47. The first-order chi connectivity index (χ1) is 13.0. The van der Waals surface area contributed by atoms with Gasteiger partial charge in [0, 0.05) is 18.2 Å². The molecule has 0 fully saturated rings. The smallest absolute Gasteiger partial charge is 0.187 e. The van der Waals surface area contributed by atoms with Crippen LogP contribution in [0.2, 0.25) is 0 Å². The van der Waals surface area contributed by atoms with Crippen molar-refractivity contribution in [1.82, 2.24) is 10.7 Å². The van der Waals surface area contributed by atoms with Crippen LogP contribution in [0.4, 0.5) is 8.78 Å². The Morgan fingerprint density at radius 3 is 2.70 bits per heavy atom. The molecule has 142 valence electrons. The number of nitrogens with one attached hydrogen (secondary N) is 2. The van der Waals surface area contributed by atoms with Gasteiger partial charge in [-0.05, 0) is 48.1 Å². The number of hydrazone groups is 1. The number of ether oxygens (including phenoxy) is 2. The lowest BCUT2D eigenvalue weighted by atomic mass is 10.1. The fourth-order valence-electron chi connectivity index (χ4n) is 2.11. The fourth-order valence-corrected chi connectivity index (χ4v) is 2.25. The zero-order valence-electron chi connectivity index (χ0n) is 14.7. The summed E-state index contributed by atoms with van der Waals surface area (Å²) in [6.07, 6.45) is 3.25. The Morgan fingerprint density at radius 2 is 2.00 bits per heavy atom. The molecule has 27 heavy (non-hydrogen) atoms. The zero-order valence-corrected chi connectivity index (χ0v) is 15.5. The van der Waals surface area contributed by atoms with Crippen LogP contribution in [0.5, 0.6) is 11.5 Å². The summed E-state index contributed by atoms with van der Waals surface area (Å²) >= 11 is 5.03. The van der Waals surface area contributed by atoms with Crippen LogP contribution in [0.25, 0.3) is 0 Å². The minimum Gasteiger partial charge on any atom is -0.496 e. The molecule has 0 radical (unpaired) electrons. The van der Waals surface area contributed by atoms with E-state index in [-0.39, 0.29) is 12.4 Å². The molecule has 2 aromatic carbocycles. The Kier molecular flexibility index (Phi) is 7.69. The minimum absolute atomic E-state index is 0.0418. The van der Waals surface area contributed by atoms with Gasteiger partial charge in [0.05, 0.1) is 13.3 Å². The van der Waals surface area contributed by atoms with Crippen molar-refractivity contribution in [3.05, 3.63) is 71.8 Å². The molecular formula is C19H19F2N3O2S. The Hall–Kier alpha value is -3.00. The molecule has 2 N–H and O–H groups in total. The van der Waals surface area contributed by atoms with E-state index in [9.17, 15) is 8.78 Å². The molecule has 2 rings (SSSR count). The van der Waals surface area contributed by atoms with Gasteiger partial charge in [-0.3, -0.25) is 5.43 Å². The first kappa shape index (κ1) is 20.3. The summed E-state index contributed by atoms with van der Waals surface area (Å²) in [5.74, 6) is -0.899. The maximum atomic E-state index is 13.7. The lowest BCUT2D eigenvalue weighted by Crippen LogP contribution is -2.31. The van der Waals surface area contributed by atoms with Gasteiger partial charge in [-0.1, -0.05) is 6.08 Å². The summed E-state index contributed by atoms with van der Waals surface area (Å²) in [7, 11) is 1.52. The molecule has 0 amide bonds. The minimum atomic E-state index is -0.767. The Bertz CT molecular complexity index is 844. The highest BCUT2D eigenvalue weighted by Gasteiger charge is 2.09. The van der Waals surface area contributed by atoms with Crippen LogP contribution < -0.4 is 20.2 Å². The topological polar surface area (TPSA) is 54.9 Å². The monoisotopic (exact) mass is 391 g/mol. The van der Waals surface area contributed by atoms with Crippen LogP contribution in [-0.4, -0.2) is 25.0 Å². The highest BCUT2D eigenvalue weighted by Crippen LogP contribution is 2.23. The first-order valence-electron chi connectivity index (χ1n) is 7.96. The molecule has 0 saturated carbocycles. The van der Waals surface area contributed by atoms with Gasteiger partial charge in [0.25, 0.3) is 0 Å². The molecule has 0 heterocycles. The van der Waals surface area contributed by atoms with Gasteiger partial charge in [0.15, 0.2) is 16.7 Å². The van der Waals surface area contributed by atoms with E-state index in [4.69, 9.17) is 21.7 Å². The lowest BCUT2D eigenvalue weighted by Gasteiger charge is -2.11. The highest BCUT2D eigenvalue weighted by molar-refractivity contribution is 7.80. The van der Waals surface area contributed by atoms with Crippen molar-refractivity contribution in [3.63, 3.8) is 0 Å². The third-order valence-electron chi connectivity index (χ3n) is 3.37. The molecule has 2 aromatic rings. The largest absolute Gasteiger partial charge is 0.496 e. The van der Waals surface area contributed by atoms with Crippen LogP contribution in [0.1, 0.15) is 11.1 Å². The Balaban J connectivity index is 2.05. The molecule has 0 bridgehead atoms. The maximum absolute atomic E-state index is 13.7. The Morgan fingerprint density at radius 1 is 1.22 bits per heavy atom. The first-order valence-corrected chi connectivity index (χ1v) is 8.37. The van der Waals surface area contributed by atoms with Gasteiger partial charge < -0.3 is 14.8 Å². The quantitative estimate of drug-likeness (QED) is 0.312. The van der Waals surface area contributed by atoms with E-state index >= 15 is 0 Å². The normalized spacial score (nSPS) is 10.5. The second kappa shape index (κ2) is 10.2. The van der Waals surface area contributed by atoms with E-state index < -0.39 is 11.6 Å². The fraction of sp³-hybridized carbons (Fsp3) is 0.158. The SMILES string of the molecule is C=CCNC(=S)N/N=C\c1ccc(OC)c(COc2ccc(F)cc2F)c1. The molecule has 0 aliphatic heterocycles. The van der Waals surface area contributed by atoms with Crippen LogP contribution >= 0.6 is 12.2 Å². The molecule has 0 aliphatic rings. The standard InChI is InChI=1S/C19H19F2N3O2S/c1-3-8-22-19(27)24-23-11-13-4-6-17(25-2)14(9-13)12-26-18-7-5-15(20)10-16(18)21/h3-7,9-11H,1,8,12H2,2H3,(H2,22,24,27)/b23-11-. The summed E-state index contributed by atoms with van der Waals surface area (Å²) in [5, 5.41) is 7.29. The number of benzene rings is 2. The third kappa shape index (κ3) is 6.34. The molecular weight excluding hydrogens is 372 g/mol. The molecule has 0 aromatic heterocycles. The van der Waals surface area contributed by atoms with Gasteiger partial charge in [0.1, 0.15) is 18.2 Å². The molecule has 0 spiro atoms. The van der Waals surface area contributed by atoms with Crippen molar-refractivity contribution in [2.45, 2.75) is 6.61 Å². The van der Waals surface area contributed by atoms with Crippen molar-refractivity contribution >= 4 is 23.5 Å². The summed E-state index contributed by atoms with van der Waals surface area (Å²) in [6.45, 7) is 4.16. The average molecular weight is 391 g/mol. The van der Waals surface area contributed by atoms with E-state index in [2.05, 4.69) is 22.4 Å². The zero-order chi connectivity index (χ0) is 19.6. The Labute approximate surface area is 161 Å². The number of thiocarbonyl (C=S) groups is 1. The van der Waals surface area contributed by atoms with Crippen LogP contribution in [0.15, 0.2) is 54.2 Å². The molecule has 0 aliphatic carbocycles. The molecule has 0 unspecified atom stereocenters. The van der Waals surface area contributed by atoms with Gasteiger partial charge in [-0.2, -0.15) is 5.10 Å². The van der Waals surface area contributed by atoms with Crippen LogP contribution in [0.3, 0.4) is 0 Å². The van der Waals surface area contributed by atoms with Gasteiger partial charge >= 0.3 is 0 Å². The van der Waals surface area contributed by atoms with Gasteiger partial charge in [-0.25, -0.2) is 8.78 Å². The summed E-state index contributed by atoms with van der Waals surface area (Å²) in [4.78, 5) is 0. The van der Waals surface area contributed by atoms with Crippen molar-refractivity contribution in [2.24, 2.45) is 5.10 Å². The molecule has 0 saturated heterocycles. The van der Waals surface area contributed by atoms with Crippen LogP contribution in [-0.2, 0) is 6.61 Å². The van der Waals surface area contributed by atoms with E-state index in [1.165, 1.54) is 13.2 Å². The third-order valence-corrected chi connectivity index (χ3v) is 3.60. The number of hydrogen-bond donors (Lipinski definition) is 2. The second-order valence-corrected chi connectivity index (χ2v) is 5.71. The average Bonchev–Trinajstić information content (AvgIpc) is 2.66. The summed E-state index contributed by atoms with van der Waals surface area (Å²) in [5.41, 5.74) is 4.11. The van der Waals surface area contributed by atoms with Crippen molar-refractivity contribution in [2.75, 3.05) is 13.7 Å². The molecule has 0 atom stereocenters. The number of nitrogens with zero attached hydrogens (tertiary/aromatic N) is 1. The van der Waals surface area contributed by atoms with Gasteiger partial charge in [-0.15, -0.1) is 6.58 Å². The van der Waals surface area contributed by atoms with E-state index in [0.29, 0.717) is 23.0 Å². The van der Waals surface area contributed by atoms with Crippen molar-refractivity contribution in [3.8, 4) is 11.5 Å². The van der Waals surface area contributed by atoms with Crippen molar-refractivity contribution in [1.29, 1.82) is 0 Å². The number of halogens is 2.